The summed E-state index contributed by atoms with van der Waals surface area (Å²) in [5.41, 5.74) is 0.938. The van der Waals surface area contributed by atoms with Crippen LogP contribution in [0.2, 0.25) is 0 Å². The van der Waals surface area contributed by atoms with E-state index in [2.05, 4.69) is 26.3 Å². The van der Waals surface area contributed by atoms with Gasteiger partial charge in [-0.3, -0.25) is 14.4 Å². The second-order valence-corrected chi connectivity index (χ2v) is 10.8. The normalized spacial score (nSPS) is 28.0. The minimum absolute atomic E-state index is 0.0304. The largest absolute Gasteiger partial charge is 0.388 e. The van der Waals surface area contributed by atoms with Crippen LogP contribution in [-0.2, 0) is 30.3 Å². The monoisotopic (exact) mass is 589 g/mol. The van der Waals surface area contributed by atoms with Gasteiger partial charge >= 0.3 is 0 Å². The Labute approximate surface area is 241 Å². The van der Waals surface area contributed by atoms with Crippen LogP contribution in [0.4, 0.5) is 4.39 Å². The number of nitrogens with zero attached hydrogens (tertiary/aromatic N) is 4. The summed E-state index contributed by atoms with van der Waals surface area (Å²) in [4.78, 5) is 41.0. The van der Waals surface area contributed by atoms with Crippen LogP contribution in [0.3, 0.4) is 0 Å². The predicted octanol–water partition coefficient (Wildman–Crippen LogP) is -1.96. The molecule has 2 unspecified atom stereocenters. The van der Waals surface area contributed by atoms with E-state index in [1.807, 2.05) is 0 Å². The minimum atomic E-state index is -1.33. The molecule has 5 atom stereocenters. The highest BCUT2D eigenvalue weighted by atomic mass is 19.1. The van der Waals surface area contributed by atoms with Gasteiger partial charge in [0.2, 0.25) is 17.7 Å². The van der Waals surface area contributed by atoms with E-state index in [1.54, 1.807) is 6.20 Å². The molecule has 3 saturated heterocycles. The Balaban J connectivity index is 1.30. The Hall–Kier alpha value is -3.50. The molecule has 2 bridgehead atoms. The van der Waals surface area contributed by atoms with Crippen LogP contribution < -0.4 is 16.0 Å². The van der Waals surface area contributed by atoms with Crippen LogP contribution in [0.25, 0.3) is 5.69 Å². The van der Waals surface area contributed by atoms with Crippen LogP contribution in [0.1, 0.15) is 25.0 Å². The molecular formula is C27H36FN7O7. The maximum Gasteiger partial charge on any atom is 0.243 e. The summed E-state index contributed by atoms with van der Waals surface area (Å²) in [6, 6.07) is 4.77. The van der Waals surface area contributed by atoms with E-state index in [9.17, 15) is 29.0 Å². The molecule has 42 heavy (non-hydrogen) atoms. The molecule has 3 amide bonds. The van der Waals surface area contributed by atoms with Crippen molar-refractivity contribution in [3.8, 4) is 5.69 Å². The first kappa shape index (κ1) is 30.0. The van der Waals surface area contributed by atoms with E-state index in [0.717, 1.165) is 12.8 Å². The van der Waals surface area contributed by atoms with Gasteiger partial charge in [0.1, 0.15) is 30.2 Å². The number of carbonyl (C=O) groups is 3. The molecule has 15 heteroatoms. The number of nitrogens with one attached hydrogen (secondary N) is 3. The van der Waals surface area contributed by atoms with Crippen LogP contribution in [-0.4, -0.2) is 124 Å². The zero-order valence-corrected chi connectivity index (χ0v) is 23.0. The smallest absolute Gasteiger partial charge is 0.243 e. The molecule has 5 rings (SSSR count). The lowest BCUT2D eigenvalue weighted by atomic mass is 10.0. The van der Waals surface area contributed by atoms with E-state index in [1.165, 1.54) is 33.8 Å². The summed E-state index contributed by atoms with van der Waals surface area (Å²) >= 11 is 0. The second-order valence-electron chi connectivity index (χ2n) is 10.8. The Morgan fingerprint density at radius 3 is 2.57 bits per heavy atom. The molecular weight excluding hydrogens is 553 g/mol. The number of fused-ring (bicyclic) bond motifs is 2. The number of aliphatic hydroxyl groups excluding tert-OH is 2. The number of halogens is 1. The molecule has 0 aliphatic carbocycles. The molecule has 3 fully saturated rings. The van der Waals surface area contributed by atoms with Gasteiger partial charge in [-0.15, -0.1) is 5.10 Å². The molecule has 228 valence electrons. The fourth-order valence-corrected chi connectivity index (χ4v) is 5.33. The summed E-state index contributed by atoms with van der Waals surface area (Å²) in [5, 5.41) is 37.9. The number of hydrogen-bond acceptors (Lipinski definition) is 10. The maximum absolute atomic E-state index is 13.3. The fraction of sp³-hybridized carbons (Fsp3) is 0.593. The first-order valence-corrected chi connectivity index (χ1v) is 14.1. The average molecular weight is 590 g/mol. The van der Waals surface area contributed by atoms with Gasteiger partial charge in [0.15, 0.2) is 0 Å². The Morgan fingerprint density at radius 2 is 1.81 bits per heavy atom. The number of ether oxygens (including phenoxy) is 2. The second kappa shape index (κ2) is 13.6. The highest BCUT2D eigenvalue weighted by molar-refractivity contribution is 5.90. The summed E-state index contributed by atoms with van der Waals surface area (Å²) in [6.07, 6.45) is -1.57. The number of amides is 3. The molecule has 3 aliphatic rings. The van der Waals surface area contributed by atoms with Crippen LogP contribution in [0.5, 0.6) is 0 Å². The first-order valence-electron chi connectivity index (χ1n) is 14.1. The van der Waals surface area contributed by atoms with Crippen LogP contribution >= 0.6 is 0 Å². The standard InChI is InChI=1S/C27H36FN7O7/c28-16-1-3-19(4-2-16)35-14-18(32-33-35)11-20-27(40)30-13-22-26(39)25(38)21(42-22)12-24(37)34(15-23(36)31-20)8-7-29-17-5-9-41-10-6-17/h1-4,14,17,20-22,25-26,29,38-39H,5-13,15H2,(H,30,40)(H,31,36)/t20-,21+,22-,25?,26?/m1/s1. The quantitative estimate of drug-likeness (QED) is 0.243. The van der Waals surface area contributed by atoms with Crippen LogP contribution in [0, 0.1) is 5.82 Å². The van der Waals surface area contributed by atoms with Gasteiger partial charge in [-0.25, -0.2) is 9.07 Å². The van der Waals surface area contributed by atoms with Gasteiger partial charge in [0, 0.05) is 45.3 Å². The summed E-state index contributed by atoms with van der Waals surface area (Å²) in [7, 11) is 0. The van der Waals surface area contributed by atoms with Crippen molar-refractivity contribution < 1.29 is 38.5 Å². The number of aliphatic hydroxyl groups is 2. The summed E-state index contributed by atoms with van der Waals surface area (Å²) in [5.74, 6) is -1.93. The fourth-order valence-electron chi connectivity index (χ4n) is 5.33. The van der Waals surface area contributed by atoms with Gasteiger partial charge in [0.25, 0.3) is 0 Å². The Morgan fingerprint density at radius 1 is 1.07 bits per heavy atom. The van der Waals surface area contributed by atoms with Crippen molar-refractivity contribution in [2.75, 3.05) is 39.4 Å². The van der Waals surface area contributed by atoms with E-state index < -0.39 is 54.0 Å². The summed E-state index contributed by atoms with van der Waals surface area (Å²) in [6.45, 7) is 1.49. The van der Waals surface area contributed by atoms with E-state index in [0.29, 0.717) is 31.1 Å². The van der Waals surface area contributed by atoms with Gasteiger partial charge < -0.3 is 40.5 Å². The lowest BCUT2D eigenvalue weighted by Gasteiger charge is -2.28. The minimum Gasteiger partial charge on any atom is -0.388 e. The molecule has 4 heterocycles. The van der Waals surface area contributed by atoms with Crippen LogP contribution in [0.15, 0.2) is 30.5 Å². The third-order valence-electron chi connectivity index (χ3n) is 7.73. The molecule has 1 aromatic heterocycles. The first-order chi connectivity index (χ1) is 20.3. The number of hydrogen-bond donors (Lipinski definition) is 5. The van der Waals surface area contributed by atoms with Crippen molar-refractivity contribution in [2.45, 2.75) is 62.2 Å². The van der Waals surface area contributed by atoms with Crippen molar-refractivity contribution in [2.24, 2.45) is 0 Å². The van der Waals surface area contributed by atoms with E-state index >= 15 is 0 Å². The zero-order chi connectivity index (χ0) is 29.6. The van der Waals surface area contributed by atoms with E-state index in [-0.39, 0.29) is 38.5 Å². The van der Waals surface area contributed by atoms with Crippen molar-refractivity contribution in [1.82, 2.24) is 35.8 Å². The molecule has 14 nitrogen and oxygen atoms in total. The van der Waals surface area contributed by atoms with Gasteiger partial charge in [-0.1, -0.05) is 5.21 Å². The number of benzene rings is 1. The van der Waals surface area contributed by atoms with Gasteiger partial charge in [-0.2, -0.15) is 0 Å². The molecule has 5 N–H and O–H groups in total. The summed E-state index contributed by atoms with van der Waals surface area (Å²) < 4.78 is 25.9. The van der Waals surface area contributed by atoms with Crippen molar-refractivity contribution in [3.05, 3.63) is 42.0 Å². The Kier molecular flexibility index (Phi) is 9.74. The molecule has 2 aromatic rings. The highest BCUT2D eigenvalue weighted by Crippen LogP contribution is 2.24. The van der Waals surface area contributed by atoms with Crippen molar-refractivity contribution in [3.63, 3.8) is 0 Å². The van der Waals surface area contributed by atoms with Gasteiger partial charge in [-0.05, 0) is 37.1 Å². The van der Waals surface area contributed by atoms with Crippen molar-refractivity contribution in [1.29, 1.82) is 0 Å². The topological polar surface area (TPSA) is 180 Å². The third kappa shape index (κ3) is 7.46. The molecule has 0 spiro atoms. The lowest BCUT2D eigenvalue weighted by Crippen LogP contribution is -2.53. The third-order valence-corrected chi connectivity index (χ3v) is 7.73. The number of rotatable bonds is 7. The number of carbonyl (C=O) groups excluding carboxylic acids is 3. The molecule has 0 saturated carbocycles. The predicted molar refractivity (Wildman–Crippen MR) is 144 cm³/mol. The van der Waals surface area contributed by atoms with E-state index in [4.69, 9.17) is 9.47 Å². The Bertz CT molecular complexity index is 1240. The number of aromatic nitrogens is 3. The highest BCUT2D eigenvalue weighted by Gasteiger charge is 2.44. The maximum atomic E-state index is 13.3. The van der Waals surface area contributed by atoms with Crippen molar-refractivity contribution >= 4 is 17.7 Å². The zero-order valence-electron chi connectivity index (χ0n) is 23.0. The average Bonchev–Trinajstić information content (AvgIpc) is 3.55. The van der Waals surface area contributed by atoms with Gasteiger partial charge in [0.05, 0.1) is 36.6 Å². The molecule has 0 radical (unpaired) electrons. The SMILES string of the molecule is O=C1CN(CCNC2CCOCC2)C(=O)C[C@@H]2O[C@H](CNC(=O)[C@@H](Cc3cn(-c4ccc(F)cc4)nn3)N1)C(O)C2O. The molecule has 3 aliphatic heterocycles. The molecule has 1 aromatic carbocycles. The lowest BCUT2D eigenvalue weighted by molar-refractivity contribution is -0.139.